The van der Waals surface area contributed by atoms with E-state index in [4.69, 9.17) is 5.11 Å². The number of fused-ring (bicyclic) bond motifs is 1. The lowest BCUT2D eigenvalue weighted by Gasteiger charge is -2.23. The molecule has 0 aromatic carbocycles. The molecule has 0 aliphatic heterocycles. The second-order valence-electron chi connectivity index (χ2n) is 5.03. The summed E-state index contributed by atoms with van der Waals surface area (Å²) < 4.78 is 1.94. The molecule has 98 valence electrons. The molecule has 0 spiro atoms. The van der Waals surface area contributed by atoms with E-state index in [9.17, 15) is 4.79 Å². The first-order valence-electron chi connectivity index (χ1n) is 5.75. The van der Waals surface area contributed by atoms with Gasteiger partial charge in [-0.25, -0.2) is 4.98 Å². The number of rotatable bonds is 4. The lowest BCUT2D eigenvalue weighted by Crippen LogP contribution is -2.46. The predicted molar refractivity (Wildman–Crippen MR) is 70.8 cm³/mol. The van der Waals surface area contributed by atoms with E-state index < -0.39 is 5.54 Å². The van der Waals surface area contributed by atoms with E-state index in [0.717, 1.165) is 16.3 Å². The number of aliphatic hydroxyl groups excluding tert-OH is 1. The maximum Gasteiger partial charge on any atom is 0.226 e. The van der Waals surface area contributed by atoms with Crippen LogP contribution >= 0.6 is 11.3 Å². The van der Waals surface area contributed by atoms with Crippen LogP contribution in [0.1, 0.15) is 25.2 Å². The van der Waals surface area contributed by atoms with Crippen LogP contribution in [0.3, 0.4) is 0 Å². The van der Waals surface area contributed by atoms with Crippen molar-refractivity contribution >= 4 is 22.2 Å². The van der Waals surface area contributed by atoms with Crippen LogP contribution in [0, 0.1) is 6.92 Å². The number of aliphatic hydroxyl groups is 1. The molecule has 2 aromatic heterocycles. The van der Waals surface area contributed by atoms with E-state index in [2.05, 4.69) is 10.3 Å². The van der Waals surface area contributed by atoms with Crippen molar-refractivity contribution in [1.29, 1.82) is 0 Å². The third-order valence-corrected chi connectivity index (χ3v) is 3.51. The lowest BCUT2D eigenvalue weighted by atomic mass is 10.1. The van der Waals surface area contributed by atoms with E-state index >= 15 is 0 Å². The quantitative estimate of drug-likeness (QED) is 0.873. The molecule has 5 nitrogen and oxygen atoms in total. The number of hydrogen-bond acceptors (Lipinski definition) is 4. The second kappa shape index (κ2) is 4.70. The van der Waals surface area contributed by atoms with E-state index in [1.165, 1.54) is 11.3 Å². The van der Waals surface area contributed by atoms with Gasteiger partial charge in [0.2, 0.25) is 5.91 Å². The normalized spacial score (nSPS) is 12.0. The molecular formula is C12H17N3O2S. The molecule has 6 heteroatoms. The van der Waals surface area contributed by atoms with Gasteiger partial charge >= 0.3 is 0 Å². The summed E-state index contributed by atoms with van der Waals surface area (Å²) >= 11 is 1.52. The van der Waals surface area contributed by atoms with Gasteiger partial charge in [0.15, 0.2) is 4.96 Å². The molecule has 2 aromatic rings. The summed E-state index contributed by atoms with van der Waals surface area (Å²) in [7, 11) is 0. The molecule has 0 aliphatic rings. The van der Waals surface area contributed by atoms with Crippen LogP contribution in [-0.2, 0) is 11.2 Å². The number of aromatic nitrogens is 2. The Labute approximate surface area is 109 Å². The number of nitrogens with one attached hydrogen (secondary N) is 1. The van der Waals surface area contributed by atoms with Crippen molar-refractivity contribution < 1.29 is 9.90 Å². The zero-order valence-electron chi connectivity index (χ0n) is 10.7. The minimum atomic E-state index is -0.586. The zero-order chi connectivity index (χ0) is 13.3. The van der Waals surface area contributed by atoms with Gasteiger partial charge in [-0.05, 0) is 20.8 Å². The summed E-state index contributed by atoms with van der Waals surface area (Å²) in [6.07, 6.45) is 2.21. The Balaban J connectivity index is 2.11. The van der Waals surface area contributed by atoms with Crippen LogP contribution < -0.4 is 5.32 Å². The number of imidazole rings is 1. The molecule has 18 heavy (non-hydrogen) atoms. The van der Waals surface area contributed by atoms with E-state index in [-0.39, 0.29) is 12.5 Å². The molecule has 1 amide bonds. The summed E-state index contributed by atoms with van der Waals surface area (Å²) in [6, 6.07) is 0. The summed E-state index contributed by atoms with van der Waals surface area (Å²) in [4.78, 5) is 17.1. The van der Waals surface area contributed by atoms with Gasteiger partial charge < -0.3 is 10.4 Å². The van der Waals surface area contributed by atoms with Crippen molar-refractivity contribution in [1.82, 2.24) is 14.7 Å². The highest BCUT2D eigenvalue weighted by atomic mass is 32.1. The fourth-order valence-electron chi connectivity index (χ4n) is 1.69. The third-order valence-electron chi connectivity index (χ3n) is 2.62. The topological polar surface area (TPSA) is 66.6 Å². The molecule has 2 rings (SSSR count). The zero-order valence-corrected chi connectivity index (χ0v) is 11.5. The first kappa shape index (κ1) is 13.0. The van der Waals surface area contributed by atoms with Gasteiger partial charge in [-0.1, -0.05) is 0 Å². The summed E-state index contributed by atoms with van der Waals surface area (Å²) in [6.45, 7) is 5.42. The minimum absolute atomic E-state index is 0.0814. The Hall–Kier alpha value is -1.40. The number of hydrogen-bond donors (Lipinski definition) is 2. The van der Waals surface area contributed by atoms with E-state index in [1.807, 2.05) is 22.9 Å². The van der Waals surface area contributed by atoms with Crippen molar-refractivity contribution in [3.05, 3.63) is 23.0 Å². The minimum Gasteiger partial charge on any atom is -0.394 e. The average molecular weight is 267 g/mol. The Morgan fingerprint density at radius 2 is 2.33 bits per heavy atom. The fourth-order valence-corrected chi connectivity index (χ4v) is 2.61. The number of amides is 1. The van der Waals surface area contributed by atoms with E-state index in [0.29, 0.717) is 6.42 Å². The van der Waals surface area contributed by atoms with Gasteiger partial charge in [0.05, 0.1) is 24.3 Å². The van der Waals surface area contributed by atoms with Crippen LogP contribution in [0.5, 0.6) is 0 Å². The molecule has 0 fully saturated rings. The largest absolute Gasteiger partial charge is 0.394 e. The van der Waals surface area contributed by atoms with Crippen LogP contribution in [-0.4, -0.2) is 32.5 Å². The highest BCUT2D eigenvalue weighted by Gasteiger charge is 2.20. The Bertz CT molecular complexity index is 571. The summed E-state index contributed by atoms with van der Waals surface area (Å²) in [5.74, 6) is -0.0971. The molecule has 0 unspecified atom stereocenters. The van der Waals surface area contributed by atoms with Crippen LogP contribution in [0.4, 0.5) is 0 Å². The number of aryl methyl sites for hydroxylation is 1. The lowest BCUT2D eigenvalue weighted by molar-refractivity contribution is -0.122. The highest BCUT2D eigenvalue weighted by Crippen LogP contribution is 2.17. The maximum absolute atomic E-state index is 11.9. The second-order valence-corrected chi connectivity index (χ2v) is 5.87. The Morgan fingerprint density at radius 3 is 3.00 bits per heavy atom. The molecular weight excluding hydrogens is 250 g/mol. The highest BCUT2D eigenvalue weighted by molar-refractivity contribution is 7.15. The van der Waals surface area contributed by atoms with Crippen molar-refractivity contribution in [2.75, 3.05) is 6.61 Å². The van der Waals surface area contributed by atoms with E-state index in [1.54, 1.807) is 13.8 Å². The maximum atomic E-state index is 11.9. The van der Waals surface area contributed by atoms with Gasteiger partial charge in [0, 0.05) is 17.3 Å². The molecule has 2 heterocycles. The number of thiazole rings is 1. The van der Waals surface area contributed by atoms with Gasteiger partial charge in [-0.3, -0.25) is 9.20 Å². The summed E-state index contributed by atoms with van der Waals surface area (Å²) in [5, 5.41) is 13.9. The summed E-state index contributed by atoms with van der Waals surface area (Å²) in [5.41, 5.74) is 1.28. The molecule has 0 bridgehead atoms. The Morgan fingerprint density at radius 1 is 1.61 bits per heavy atom. The SMILES string of the molecule is Cc1cn2c(CC(=O)NC(C)(C)CO)csc2n1. The van der Waals surface area contributed by atoms with Gasteiger partial charge in [0.25, 0.3) is 0 Å². The average Bonchev–Trinajstić information content (AvgIpc) is 2.79. The third kappa shape index (κ3) is 2.70. The predicted octanol–water partition coefficient (Wildman–Crippen LogP) is 1.13. The van der Waals surface area contributed by atoms with Crippen LogP contribution in [0.2, 0.25) is 0 Å². The molecule has 0 saturated heterocycles. The van der Waals surface area contributed by atoms with Crippen molar-refractivity contribution in [3.63, 3.8) is 0 Å². The molecule has 0 atom stereocenters. The van der Waals surface area contributed by atoms with Gasteiger partial charge in [0.1, 0.15) is 0 Å². The molecule has 0 aliphatic carbocycles. The van der Waals surface area contributed by atoms with Crippen molar-refractivity contribution in [2.24, 2.45) is 0 Å². The fraction of sp³-hybridized carbons (Fsp3) is 0.500. The molecule has 0 saturated carbocycles. The van der Waals surface area contributed by atoms with Crippen LogP contribution in [0.25, 0.3) is 4.96 Å². The first-order chi connectivity index (χ1) is 8.41. The Kier molecular flexibility index (Phi) is 3.41. The van der Waals surface area contributed by atoms with Crippen molar-refractivity contribution in [3.8, 4) is 0 Å². The standard InChI is InChI=1S/C12H17N3O2S/c1-8-5-15-9(6-18-11(15)13-8)4-10(17)14-12(2,3)7-16/h5-6,16H,4,7H2,1-3H3,(H,14,17). The number of nitrogens with zero attached hydrogens (tertiary/aromatic N) is 2. The van der Waals surface area contributed by atoms with Crippen molar-refractivity contribution in [2.45, 2.75) is 32.7 Å². The van der Waals surface area contributed by atoms with Gasteiger partial charge in [-0.2, -0.15) is 0 Å². The number of carbonyl (C=O) groups is 1. The smallest absolute Gasteiger partial charge is 0.226 e. The van der Waals surface area contributed by atoms with Crippen LogP contribution in [0.15, 0.2) is 11.6 Å². The number of carbonyl (C=O) groups excluding carboxylic acids is 1. The molecule has 0 radical (unpaired) electrons. The first-order valence-corrected chi connectivity index (χ1v) is 6.63. The van der Waals surface area contributed by atoms with Gasteiger partial charge in [-0.15, -0.1) is 11.3 Å². The monoisotopic (exact) mass is 267 g/mol. The molecule has 2 N–H and O–H groups in total.